The summed E-state index contributed by atoms with van der Waals surface area (Å²) in [5.41, 5.74) is 3.44. The van der Waals surface area contributed by atoms with Crippen molar-refractivity contribution in [1.29, 1.82) is 0 Å². The molecule has 0 fully saturated rings. The summed E-state index contributed by atoms with van der Waals surface area (Å²) < 4.78 is 16.6. The molecule has 0 radical (unpaired) electrons. The molecule has 0 unspecified atom stereocenters. The first-order valence-electron chi connectivity index (χ1n) is 12.4. The summed E-state index contributed by atoms with van der Waals surface area (Å²) in [6, 6.07) is 21.0. The van der Waals surface area contributed by atoms with Crippen LogP contribution in [0.25, 0.3) is 6.08 Å². The second kappa shape index (κ2) is 12.7. The summed E-state index contributed by atoms with van der Waals surface area (Å²) in [6.07, 6.45) is 1.86. The third-order valence-electron chi connectivity index (χ3n) is 6.27. The molecule has 2 heterocycles. The third kappa shape index (κ3) is 6.29. The molecular weight excluding hydrogens is 818 g/mol. The van der Waals surface area contributed by atoms with Crippen molar-refractivity contribution in [3.63, 3.8) is 0 Å². The van der Waals surface area contributed by atoms with Gasteiger partial charge in [0.05, 0.1) is 32.0 Å². The number of hydrogen-bond acceptors (Lipinski definition) is 6. The Balaban J connectivity index is 1.48. The fourth-order valence-electron chi connectivity index (χ4n) is 4.37. The minimum absolute atomic E-state index is 0.202. The highest BCUT2D eigenvalue weighted by molar-refractivity contribution is 14.1. The van der Waals surface area contributed by atoms with Gasteiger partial charge in [-0.05, 0) is 112 Å². The van der Waals surface area contributed by atoms with E-state index in [9.17, 15) is 9.59 Å². The highest BCUT2D eigenvalue weighted by Gasteiger charge is 2.33. The molecular formula is C30H23BrI2N2O4S. The van der Waals surface area contributed by atoms with Crippen molar-refractivity contribution >= 4 is 84.5 Å². The van der Waals surface area contributed by atoms with Crippen LogP contribution in [0.1, 0.15) is 36.6 Å². The van der Waals surface area contributed by atoms with Crippen LogP contribution in [0.3, 0.4) is 0 Å². The van der Waals surface area contributed by atoms with Crippen molar-refractivity contribution in [1.82, 2.24) is 4.57 Å². The van der Waals surface area contributed by atoms with Gasteiger partial charge in [-0.3, -0.25) is 9.36 Å². The lowest BCUT2D eigenvalue weighted by Gasteiger charge is -2.24. The van der Waals surface area contributed by atoms with Gasteiger partial charge in [-0.15, -0.1) is 0 Å². The van der Waals surface area contributed by atoms with E-state index in [0.29, 0.717) is 27.2 Å². The van der Waals surface area contributed by atoms with Gasteiger partial charge in [0.25, 0.3) is 5.56 Å². The van der Waals surface area contributed by atoms with Crippen molar-refractivity contribution in [3.8, 4) is 5.75 Å². The summed E-state index contributed by atoms with van der Waals surface area (Å²) in [5.74, 6) is 0.382. The fourth-order valence-corrected chi connectivity index (χ4v) is 7.44. The number of aromatic nitrogens is 1. The van der Waals surface area contributed by atoms with E-state index < -0.39 is 12.0 Å². The van der Waals surface area contributed by atoms with Crippen molar-refractivity contribution in [3.05, 3.63) is 126 Å². The second-order valence-electron chi connectivity index (χ2n) is 8.96. The van der Waals surface area contributed by atoms with E-state index in [0.717, 1.165) is 30.5 Å². The number of allylic oxidation sites excluding steroid dienone is 1. The van der Waals surface area contributed by atoms with Gasteiger partial charge in [0.2, 0.25) is 0 Å². The Morgan fingerprint density at radius 1 is 1.10 bits per heavy atom. The van der Waals surface area contributed by atoms with Crippen molar-refractivity contribution < 1.29 is 14.3 Å². The number of carbonyl (C=O) groups excluding carboxylic acids is 1. The summed E-state index contributed by atoms with van der Waals surface area (Å²) in [5, 5.41) is 0. The molecule has 4 aromatic rings. The number of fused-ring (bicyclic) bond motifs is 1. The number of carbonyl (C=O) groups is 1. The van der Waals surface area contributed by atoms with E-state index in [1.54, 1.807) is 18.4 Å². The first-order valence-corrected chi connectivity index (χ1v) is 16.1. The van der Waals surface area contributed by atoms with Crippen LogP contribution in [0.5, 0.6) is 5.75 Å². The van der Waals surface area contributed by atoms with Crippen LogP contribution >= 0.6 is 72.4 Å². The first-order chi connectivity index (χ1) is 19.2. The topological polar surface area (TPSA) is 69.9 Å². The van der Waals surface area contributed by atoms with Gasteiger partial charge in [0.15, 0.2) is 4.80 Å². The molecule has 0 aliphatic carbocycles. The molecule has 5 rings (SSSR count). The Labute approximate surface area is 270 Å². The Kier molecular flexibility index (Phi) is 9.28. The molecule has 1 aliphatic rings. The molecule has 1 aromatic heterocycles. The van der Waals surface area contributed by atoms with E-state index >= 15 is 0 Å². The molecule has 0 N–H and O–H groups in total. The molecule has 1 aliphatic heterocycles. The zero-order chi connectivity index (χ0) is 28.4. The summed E-state index contributed by atoms with van der Waals surface area (Å²) in [6.45, 7) is 4.23. The van der Waals surface area contributed by atoms with Gasteiger partial charge in [-0.2, -0.15) is 0 Å². The molecule has 0 saturated heterocycles. The van der Waals surface area contributed by atoms with Crippen LogP contribution < -0.4 is 19.6 Å². The zero-order valence-electron chi connectivity index (χ0n) is 21.5. The van der Waals surface area contributed by atoms with E-state index in [4.69, 9.17) is 9.47 Å². The van der Waals surface area contributed by atoms with Crippen molar-refractivity contribution in [2.24, 2.45) is 4.99 Å². The van der Waals surface area contributed by atoms with Gasteiger partial charge in [-0.25, -0.2) is 9.79 Å². The van der Waals surface area contributed by atoms with E-state index in [1.165, 1.54) is 14.9 Å². The van der Waals surface area contributed by atoms with Crippen molar-refractivity contribution in [2.45, 2.75) is 26.5 Å². The standard InChI is InChI=1S/C30H23BrI2N2O4S/c1-3-38-29(37)26-17(2)34-30-35(27(26)20-8-10-21(31)11-9-20)28(36)25(40-30)14-18-4-6-19(7-5-18)16-39-24-13-12-22(32)15-23(24)33/h4-15,27H,3,16H2,1-2H3/b25-14-/t27-/m1/s1. The molecule has 204 valence electrons. The monoisotopic (exact) mass is 840 g/mol. The first kappa shape index (κ1) is 29.2. The molecule has 6 nitrogen and oxygen atoms in total. The minimum Gasteiger partial charge on any atom is -0.488 e. The average molecular weight is 841 g/mol. The van der Waals surface area contributed by atoms with Crippen LogP contribution in [-0.4, -0.2) is 17.1 Å². The van der Waals surface area contributed by atoms with Crippen LogP contribution in [0.4, 0.5) is 0 Å². The number of esters is 1. The third-order valence-corrected chi connectivity index (χ3v) is 9.29. The Bertz CT molecular complexity index is 1800. The average Bonchev–Trinajstić information content (AvgIpc) is 3.23. The smallest absolute Gasteiger partial charge is 0.338 e. The lowest BCUT2D eigenvalue weighted by Crippen LogP contribution is -2.39. The number of ether oxygens (including phenoxy) is 2. The molecule has 0 amide bonds. The van der Waals surface area contributed by atoms with Crippen LogP contribution in [0.2, 0.25) is 0 Å². The Hall–Kier alpha value is -2.29. The Morgan fingerprint density at radius 2 is 1.82 bits per heavy atom. The normalized spacial score (nSPS) is 15.0. The number of thiazole rings is 1. The maximum Gasteiger partial charge on any atom is 0.338 e. The maximum atomic E-state index is 13.8. The number of hydrogen-bond donors (Lipinski definition) is 0. The molecule has 0 bridgehead atoms. The quantitative estimate of drug-likeness (QED) is 0.161. The number of benzene rings is 3. The van der Waals surface area contributed by atoms with Gasteiger partial charge in [0.1, 0.15) is 12.4 Å². The molecule has 40 heavy (non-hydrogen) atoms. The SMILES string of the molecule is CCOC(=O)C1=C(C)N=c2s/c(=C\c3ccc(COc4ccc(I)cc4I)cc3)c(=O)n2[C@@H]1c1ccc(Br)cc1. The van der Waals surface area contributed by atoms with E-state index in [2.05, 4.69) is 72.2 Å². The van der Waals surface area contributed by atoms with Gasteiger partial charge in [0, 0.05) is 8.04 Å². The zero-order valence-corrected chi connectivity index (χ0v) is 28.2. The van der Waals surface area contributed by atoms with E-state index in [-0.39, 0.29) is 12.2 Å². The van der Waals surface area contributed by atoms with Gasteiger partial charge < -0.3 is 9.47 Å². The van der Waals surface area contributed by atoms with Crippen LogP contribution in [-0.2, 0) is 16.1 Å². The lowest BCUT2D eigenvalue weighted by atomic mass is 9.96. The molecule has 1 atom stereocenters. The predicted octanol–water partition coefficient (Wildman–Crippen LogP) is 6.35. The largest absolute Gasteiger partial charge is 0.488 e. The highest BCUT2D eigenvalue weighted by atomic mass is 127. The summed E-state index contributed by atoms with van der Waals surface area (Å²) >= 11 is 9.34. The maximum absolute atomic E-state index is 13.8. The molecule has 0 saturated carbocycles. The summed E-state index contributed by atoms with van der Waals surface area (Å²) in [7, 11) is 0. The van der Waals surface area contributed by atoms with Crippen LogP contribution in [0, 0.1) is 7.14 Å². The van der Waals surface area contributed by atoms with Gasteiger partial charge in [-0.1, -0.05) is 63.7 Å². The van der Waals surface area contributed by atoms with Gasteiger partial charge >= 0.3 is 5.97 Å². The summed E-state index contributed by atoms with van der Waals surface area (Å²) in [4.78, 5) is 32.0. The molecule has 10 heteroatoms. The van der Waals surface area contributed by atoms with E-state index in [1.807, 2.05) is 66.7 Å². The lowest BCUT2D eigenvalue weighted by molar-refractivity contribution is -0.139. The Morgan fingerprint density at radius 3 is 2.50 bits per heavy atom. The molecule has 0 spiro atoms. The minimum atomic E-state index is -0.630. The number of halogens is 3. The van der Waals surface area contributed by atoms with Crippen LogP contribution in [0.15, 0.2) is 92.3 Å². The fraction of sp³-hybridized carbons (Fsp3) is 0.167. The number of nitrogens with zero attached hydrogens (tertiary/aromatic N) is 2. The predicted molar refractivity (Wildman–Crippen MR) is 177 cm³/mol. The van der Waals surface area contributed by atoms with Crippen molar-refractivity contribution in [2.75, 3.05) is 6.61 Å². The molecule has 3 aromatic carbocycles. The number of rotatable bonds is 7. The second-order valence-corrected chi connectivity index (χ2v) is 13.3. The highest BCUT2D eigenvalue weighted by Crippen LogP contribution is 2.31.